The van der Waals surface area contributed by atoms with Crippen molar-refractivity contribution < 1.29 is 28.9 Å². The maximum Gasteiger partial charge on any atom is 0.184 e. The summed E-state index contributed by atoms with van der Waals surface area (Å²) >= 11 is 1.63. The van der Waals surface area contributed by atoms with Crippen LogP contribution in [-0.4, -0.2) is 49.1 Å². The predicted octanol–water partition coefficient (Wildman–Crippen LogP) is 5.75. The normalized spacial score (nSPS) is 11.8. The molecule has 0 aliphatic rings. The molecule has 0 radical (unpaired) electrons. The van der Waals surface area contributed by atoms with Gasteiger partial charge < -0.3 is 19.3 Å². The first-order chi connectivity index (χ1) is 17.9. The lowest BCUT2D eigenvalue weighted by atomic mass is 9.94. The molecule has 4 aromatic rings. The van der Waals surface area contributed by atoms with E-state index in [1.165, 1.54) is 17.4 Å². The molecule has 8 heteroatoms. The number of carbonyl (C=O) groups is 2. The van der Waals surface area contributed by atoms with Crippen molar-refractivity contribution in [1.82, 2.24) is 4.98 Å². The summed E-state index contributed by atoms with van der Waals surface area (Å²) in [4.78, 5) is 31.0. The van der Waals surface area contributed by atoms with Crippen molar-refractivity contribution in [2.24, 2.45) is 5.92 Å². The summed E-state index contributed by atoms with van der Waals surface area (Å²) in [6.07, 6.45) is 0.0163. The molecule has 0 spiro atoms. The second kappa shape index (κ2) is 11.5. The predicted molar refractivity (Wildman–Crippen MR) is 144 cm³/mol. The van der Waals surface area contributed by atoms with Crippen molar-refractivity contribution in [3.8, 4) is 28.5 Å². The minimum atomic E-state index is -0.584. The molecule has 0 saturated heterocycles. The SMILES string of the molecule is COc1cc(C(=O)C[C@@H](C)C(=O)c2ccc(OC)c(-c3csc4c(C)cccc34)n2)ccc1OCCO. The third-order valence-corrected chi connectivity index (χ3v) is 7.29. The lowest BCUT2D eigenvalue weighted by Crippen LogP contribution is -2.17. The Kier molecular flexibility index (Phi) is 8.21. The Morgan fingerprint density at radius 3 is 2.51 bits per heavy atom. The third-order valence-electron chi connectivity index (χ3n) is 6.16. The lowest BCUT2D eigenvalue weighted by Gasteiger charge is -2.14. The van der Waals surface area contributed by atoms with E-state index in [2.05, 4.69) is 13.0 Å². The Balaban J connectivity index is 1.57. The zero-order valence-electron chi connectivity index (χ0n) is 21.2. The zero-order chi connectivity index (χ0) is 26.5. The van der Waals surface area contributed by atoms with Gasteiger partial charge in [-0.3, -0.25) is 9.59 Å². The molecule has 0 bridgehead atoms. The van der Waals surface area contributed by atoms with Crippen molar-refractivity contribution in [3.05, 3.63) is 70.7 Å². The number of pyridine rings is 1. The van der Waals surface area contributed by atoms with Gasteiger partial charge in [0.2, 0.25) is 0 Å². The Labute approximate surface area is 219 Å². The maximum absolute atomic E-state index is 13.3. The van der Waals surface area contributed by atoms with Gasteiger partial charge >= 0.3 is 0 Å². The molecule has 192 valence electrons. The number of aromatic nitrogens is 1. The largest absolute Gasteiger partial charge is 0.494 e. The van der Waals surface area contributed by atoms with E-state index < -0.39 is 5.92 Å². The number of hydrogen-bond donors (Lipinski definition) is 1. The number of fused-ring (bicyclic) bond motifs is 1. The number of Topliss-reactive ketones (excluding diaryl/α,β-unsaturated/α-hetero) is 2. The molecule has 1 N–H and O–H groups in total. The number of nitrogens with zero attached hydrogens (tertiary/aromatic N) is 1. The number of thiophene rings is 1. The van der Waals surface area contributed by atoms with Gasteiger partial charge in [-0.25, -0.2) is 4.98 Å². The van der Waals surface area contributed by atoms with Crippen molar-refractivity contribution in [2.75, 3.05) is 27.4 Å². The van der Waals surface area contributed by atoms with E-state index in [4.69, 9.17) is 24.3 Å². The van der Waals surface area contributed by atoms with Gasteiger partial charge in [-0.2, -0.15) is 0 Å². The van der Waals surface area contributed by atoms with E-state index in [1.54, 1.807) is 55.7 Å². The Morgan fingerprint density at radius 2 is 1.78 bits per heavy atom. The van der Waals surface area contributed by atoms with E-state index in [0.29, 0.717) is 28.5 Å². The molecule has 4 rings (SSSR count). The van der Waals surface area contributed by atoms with Gasteiger partial charge in [0.05, 0.1) is 20.8 Å². The van der Waals surface area contributed by atoms with Crippen LogP contribution in [0.3, 0.4) is 0 Å². The quantitative estimate of drug-likeness (QED) is 0.252. The Bertz CT molecular complexity index is 1440. The van der Waals surface area contributed by atoms with Crippen LogP contribution in [0.2, 0.25) is 0 Å². The summed E-state index contributed by atoms with van der Waals surface area (Å²) in [5.74, 6) is 0.404. The fourth-order valence-corrected chi connectivity index (χ4v) is 5.22. The van der Waals surface area contributed by atoms with Crippen LogP contribution in [-0.2, 0) is 0 Å². The number of ether oxygens (including phenoxy) is 3. The van der Waals surface area contributed by atoms with Crippen LogP contribution in [0.25, 0.3) is 21.3 Å². The first-order valence-electron chi connectivity index (χ1n) is 11.9. The molecule has 2 aromatic heterocycles. The molecule has 1 atom stereocenters. The summed E-state index contributed by atoms with van der Waals surface area (Å²) in [6, 6.07) is 14.3. The maximum atomic E-state index is 13.3. The number of carbonyl (C=O) groups excluding carboxylic acids is 2. The molecular weight excluding hydrogens is 490 g/mol. The van der Waals surface area contributed by atoms with Gasteiger partial charge in [0.1, 0.15) is 23.7 Å². The Morgan fingerprint density at radius 1 is 1.03 bits per heavy atom. The zero-order valence-corrected chi connectivity index (χ0v) is 22.1. The first-order valence-corrected chi connectivity index (χ1v) is 12.8. The van der Waals surface area contributed by atoms with E-state index in [-0.39, 0.29) is 36.9 Å². The fraction of sp³-hybridized carbons (Fsp3) is 0.276. The highest BCUT2D eigenvalue weighted by Gasteiger charge is 2.23. The molecule has 0 unspecified atom stereocenters. The summed E-state index contributed by atoms with van der Waals surface area (Å²) in [5, 5.41) is 12.1. The highest BCUT2D eigenvalue weighted by Crippen LogP contribution is 2.39. The van der Waals surface area contributed by atoms with Gasteiger partial charge in [0.25, 0.3) is 0 Å². The highest BCUT2D eigenvalue weighted by atomic mass is 32.1. The van der Waals surface area contributed by atoms with Gasteiger partial charge in [-0.05, 0) is 42.8 Å². The Hall–Kier alpha value is -3.75. The molecule has 0 aliphatic carbocycles. The van der Waals surface area contributed by atoms with Crippen LogP contribution in [0.4, 0.5) is 0 Å². The molecule has 37 heavy (non-hydrogen) atoms. The topological polar surface area (TPSA) is 95.0 Å². The smallest absolute Gasteiger partial charge is 0.184 e. The third kappa shape index (κ3) is 5.50. The van der Waals surface area contributed by atoms with Crippen LogP contribution < -0.4 is 14.2 Å². The van der Waals surface area contributed by atoms with Gasteiger partial charge in [0, 0.05) is 38.9 Å². The minimum Gasteiger partial charge on any atom is -0.494 e. The van der Waals surface area contributed by atoms with Gasteiger partial charge in [0.15, 0.2) is 23.1 Å². The first kappa shape index (κ1) is 26.3. The van der Waals surface area contributed by atoms with E-state index in [0.717, 1.165) is 10.9 Å². The van der Waals surface area contributed by atoms with Crippen LogP contribution >= 0.6 is 11.3 Å². The number of rotatable bonds is 11. The van der Waals surface area contributed by atoms with Gasteiger partial charge in [-0.1, -0.05) is 25.1 Å². The van der Waals surface area contributed by atoms with Crippen molar-refractivity contribution in [3.63, 3.8) is 0 Å². The monoisotopic (exact) mass is 519 g/mol. The molecule has 0 fully saturated rings. The average Bonchev–Trinajstić information content (AvgIpc) is 3.36. The fourth-order valence-electron chi connectivity index (χ4n) is 4.18. The molecule has 0 aliphatic heterocycles. The van der Waals surface area contributed by atoms with E-state index >= 15 is 0 Å². The highest BCUT2D eigenvalue weighted by molar-refractivity contribution is 7.18. The average molecular weight is 520 g/mol. The van der Waals surface area contributed by atoms with Crippen molar-refractivity contribution >= 4 is 33.0 Å². The lowest BCUT2D eigenvalue weighted by molar-refractivity contribution is 0.0859. The van der Waals surface area contributed by atoms with Crippen LogP contribution in [0.1, 0.15) is 39.8 Å². The number of methoxy groups -OCH3 is 2. The number of aliphatic hydroxyl groups is 1. The van der Waals surface area contributed by atoms with Crippen LogP contribution in [0.15, 0.2) is 53.9 Å². The number of ketones is 2. The minimum absolute atomic E-state index is 0.0163. The van der Waals surface area contributed by atoms with Crippen molar-refractivity contribution in [1.29, 1.82) is 0 Å². The number of aryl methyl sites for hydroxylation is 1. The molecular formula is C29H29NO6S. The standard InChI is InChI=1S/C29H29NO6S/c1-17-6-5-7-20-21(16-37-29(17)20)27-25(34-3)11-9-22(30-27)28(33)18(2)14-23(32)19-8-10-24(36-13-12-31)26(15-19)35-4/h5-11,15-16,18,31H,12-14H2,1-4H3/t18-/m1/s1. The van der Waals surface area contributed by atoms with Crippen molar-refractivity contribution in [2.45, 2.75) is 20.3 Å². The van der Waals surface area contributed by atoms with Crippen LogP contribution in [0, 0.1) is 12.8 Å². The molecule has 0 amide bonds. The number of aliphatic hydroxyl groups excluding tert-OH is 1. The summed E-state index contributed by atoms with van der Waals surface area (Å²) in [7, 11) is 3.06. The van der Waals surface area contributed by atoms with Gasteiger partial charge in [-0.15, -0.1) is 11.3 Å². The summed E-state index contributed by atoms with van der Waals surface area (Å²) in [5.41, 5.74) is 3.39. The van der Waals surface area contributed by atoms with Crippen LogP contribution in [0.5, 0.6) is 17.2 Å². The molecule has 2 aromatic carbocycles. The summed E-state index contributed by atoms with van der Waals surface area (Å²) in [6.45, 7) is 3.78. The molecule has 7 nitrogen and oxygen atoms in total. The second-order valence-corrected chi connectivity index (χ2v) is 9.56. The number of hydrogen-bond acceptors (Lipinski definition) is 8. The number of benzene rings is 2. The van der Waals surface area contributed by atoms with E-state index in [9.17, 15) is 9.59 Å². The summed E-state index contributed by atoms with van der Waals surface area (Å²) < 4.78 is 17.5. The second-order valence-electron chi connectivity index (χ2n) is 8.68. The molecule has 2 heterocycles. The molecule has 0 saturated carbocycles. The van der Waals surface area contributed by atoms with E-state index in [1.807, 2.05) is 17.5 Å².